The van der Waals surface area contributed by atoms with Crippen LogP contribution < -0.4 is 4.90 Å². The number of rotatable bonds is 6. The van der Waals surface area contributed by atoms with Crippen LogP contribution >= 0.6 is 23.1 Å². The van der Waals surface area contributed by atoms with E-state index in [2.05, 4.69) is 32.0 Å². The lowest BCUT2D eigenvalue weighted by molar-refractivity contribution is 0.0980. The molecule has 0 unspecified atom stereocenters. The summed E-state index contributed by atoms with van der Waals surface area (Å²) in [6.45, 7) is 4.66. The van der Waals surface area contributed by atoms with Gasteiger partial charge >= 0.3 is 0 Å². The molecule has 4 nitrogen and oxygen atoms in total. The number of nitrogens with zero attached hydrogens (tertiary/aromatic N) is 2. The van der Waals surface area contributed by atoms with Gasteiger partial charge in [0.15, 0.2) is 5.13 Å². The van der Waals surface area contributed by atoms with Crippen molar-refractivity contribution in [2.45, 2.75) is 31.2 Å². The van der Waals surface area contributed by atoms with Crippen molar-refractivity contribution >= 4 is 44.4 Å². The van der Waals surface area contributed by atoms with Crippen LogP contribution in [0.1, 0.15) is 41.4 Å². The second kappa shape index (κ2) is 8.43. The Morgan fingerprint density at radius 3 is 2.69 bits per heavy atom. The summed E-state index contributed by atoms with van der Waals surface area (Å²) < 4.78 is 6.63. The molecule has 0 saturated carbocycles. The highest BCUT2D eigenvalue weighted by molar-refractivity contribution is 7.98. The average Bonchev–Trinajstić information content (AvgIpc) is 3.40. The standard InChI is InChI=1S/C23H22N2O2S2/c1-15(2)17-10-6-12-20-21(17)24-23(29-20)25(14-16-8-7-13-27-16)22(26)18-9-4-5-11-19(18)28-3/h4-13,15H,14H2,1-3H3. The number of benzene rings is 2. The lowest BCUT2D eigenvalue weighted by atomic mass is 10.0. The van der Waals surface area contributed by atoms with Crippen molar-refractivity contribution in [2.24, 2.45) is 0 Å². The van der Waals surface area contributed by atoms with Gasteiger partial charge < -0.3 is 4.42 Å². The van der Waals surface area contributed by atoms with Crippen molar-refractivity contribution in [3.05, 3.63) is 77.7 Å². The highest BCUT2D eigenvalue weighted by atomic mass is 32.2. The number of anilines is 1. The average molecular weight is 423 g/mol. The van der Waals surface area contributed by atoms with E-state index in [-0.39, 0.29) is 5.91 Å². The Balaban J connectivity index is 1.82. The van der Waals surface area contributed by atoms with Crippen molar-refractivity contribution in [3.8, 4) is 0 Å². The fourth-order valence-electron chi connectivity index (χ4n) is 3.29. The number of carbonyl (C=O) groups is 1. The molecule has 0 N–H and O–H groups in total. The molecule has 2 aromatic heterocycles. The number of para-hydroxylation sites is 1. The van der Waals surface area contributed by atoms with E-state index in [9.17, 15) is 4.79 Å². The summed E-state index contributed by atoms with van der Waals surface area (Å²) in [7, 11) is 0. The first-order chi connectivity index (χ1) is 14.1. The number of aromatic nitrogens is 1. The van der Waals surface area contributed by atoms with Crippen LogP contribution in [0.2, 0.25) is 0 Å². The van der Waals surface area contributed by atoms with Crippen LogP contribution in [0.25, 0.3) is 10.2 Å². The van der Waals surface area contributed by atoms with Gasteiger partial charge in [-0.2, -0.15) is 0 Å². The molecule has 0 radical (unpaired) electrons. The van der Waals surface area contributed by atoms with Crippen molar-refractivity contribution < 1.29 is 9.21 Å². The molecule has 6 heteroatoms. The van der Waals surface area contributed by atoms with E-state index in [0.29, 0.717) is 23.2 Å². The molecule has 0 aliphatic heterocycles. The van der Waals surface area contributed by atoms with Gasteiger partial charge in [0.1, 0.15) is 5.76 Å². The fourth-order valence-corrected chi connectivity index (χ4v) is 4.88. The monoisotopic (exact) mass is 422 g/mol. The number of hydrogen-bond acceptors (Lipinski definition) is 5. The normalized spacial score (nSPS) is 11.3. The first kappa shape index (κ1) is 19.7. The van der Waals surface area contributed by atoms with Gasteiger partial charge in [-0.3, -0.25) is 9.69 Å². The molecule has 2 heterocycles. The second-order valence-electron chi connectivity index (χ2n) is 7.02. The molecule has 4 rings (SSSR count). The van der Waals surface area contributed by atoms with Crippen molar-refractivity contribution in [2.75, 3.05) is 11.2 Å². The van der Waals surface area contributed by atoms with Gasteiger partial charge in [-0.05, 0) is 48.1 Å². The number of amides is 1. The highest BCUT2D eigenvalue weighted by Crippen LogP contribution is 2.35. The Bertz CT molecular complexity index is 1130. The summed E-state index contributed by atoms with van der Waals surface area (Å²) >= 11 is 3.11. The number of thioether (sulfide) groups is 1. The molecule has 0 spiro atoms. The minimum absolute atomic E-state index is 0.0727. The molecule has 0 aliphatic carbocycles. The Hall–Kier alpha value is -2.57. The van der Waals surface area contributed by atoms with Crippen molar-refractivity contribution in [1.82, 2.24) is 4.98 Å². The predicted molar refractivity (Wildman–Crippen MR) is 121 cm³/mol. The number of furan rings is 1. The summed E-state index contributed by atoms with van der Waals surface area (Å²) in [5, 5.41) is 0.686. The van der Waals surface area contributed by atoms with Gasteiger partial charge in [-0.15, -0.1) is 11.8 Å². The molecule has 2 aromatic carbocycles. The van der Waals surface area contributed by atoms with Crippen LogP contribution in [0.15, 0.2) is 70.2 Å². The maximum Gasteiger partial charge on any atom is 0.261 e. The van der Waals surface area contributed by atoms with Crippen LogP contribution in [0.5, 0.6) is 0 Å². The third kappa shape index (κ3) is 3.95. The maximum absolute atomic E-state index is 13.6. The molecule has 0 saturated heterocycles. The highest BCUT2D eigenvalue weighted by Gasteiger charge is 2.25. The van der Waals surface area contributed by atoms with E-state index in [1.54, 1.807) is 34.3 Å². The van der Waals surface area contributed by atoms with Crippen molar-refractivity contribution in [1.29, 1.82) is 0 Å². The summed E-state index contributed by atoms with van der Waals surface area (Å²) in [4.78, 5) is 21.2. The maximum atomic E-state index is 13.6. The topological polar surface area (TPSA) is 46.3 Å². The molecular weight excluding hydrogens is 400 g/mol. The molecule has 29 heavy (non-hydrogen) atoms. The SMILES string of the molecule is CSc1ccccc1C(=O)N(Cc1ccco1)c1nc2c(C(C)C)cccc2s1. The fraction of sp³-hybridized carbons (Fsp3) is 0.217. The minimum Gasteiger partial charge on any atom is -0.467 e. The van der Waals surface area contributed by atoms with E-state index in [0.717, 1.165) is 20.9 Å². The van der Waals surface area contributed by atoms with E-state index < -0.39 is 0 Å². The van der Waals surface area contributed by atoms with E-state index in [1.807, 2.05) is 42.7 Å². The van der Waals surface area contributed by atoms with Crippen LogP contribution in [0, 0.1) is 0 Å². The molecule has 0 bridgehead atoms. The summed E-state index contributed by atoms with van der Waals surface area (Å²) in [6, 6.07) is 17.6. The number of carbonyl (C=O) groups excluding carboxylic acids is 1. The third-order valence-electron chi connectivity index (χ3n) is 4.77. The molecular formula is C23H22N2O2S2. The van der Waals surface area contributed by atoms with Gasteiger partial charge in [-0.1, -0.05) is 49.4 Å². The lowest BCUT2D eigenvalue weighted by Crippen LogP contribution is -2.30. The second-order valence-corrected chi connectivity index (χ2v) is 8.87. The quantitative estimate of drug-likeness (QED) is 0.329. The Labute approximate surface area is 178 Å². The van der Waals surface area contributed by atoms with Crippen LogP contribution in [0.4, 0.5) is 5.13 Å². The largest absolute Gasteiger partial charge is 0.467 e. The number of thiazole rings is 1. The van der Waals surface area contributed by atoms with Gasteiger partial charge in [0.2, 0.25) is 0 Å². The van der Waals surface area contributed by atoms with Gasteiger partial charge in [0.25, 0.3) is 5.91 Å². The number of fused-ring (bicyclic) bond motifs is 1. The molecule has 1 amide bonds. The van der Waals surface area contributed by atoms with Crippen LogP contribution in [0.3, 0.4) is 0 Å². The zero-order valence-corrected chi connectivity index (χ0v) is 18.2. The molecule has 0 atom stereocenters. The molecule has 0 aliphatic rings. The van der Waals surface area contributed by atoms with Crippen LogP contribution in [-0.2, 0) is 6.54 Å². The first-order valence-corrected chi connectivity index (χ1v) is 11.5. The predicted octanol–water partition coefficient (Wildman–Crippen LogP) is 6.58. The van der Waals surface area contributed by atoms with Gasteiger partial charge in [0.05, 0.1) is 28.6 Å². The van der Waals surface area contributed by atoms with E-state index >= 15 is 0 Å². The zero-order chi connectivity index (χ0) is 20.4. The molecule has 148 valence electrons. The van der Waals surface area contributed by atoms with Gasteiger partial charge in [-0.25, -0.2) is 4.98 Å². The minimum atomic E-state index is -0.0727. The summed E-state index contributed by atoms with van der Waals surface area (Å²) in [6.07, 6.45) is 3.61. The smallest absolute Gasteiger partial charge is 0.261 e. The first-order valence-electron chi connectivity index (χ1n) is 9.45. The van der Waals surface area contributed by atoms with E-state index in [1.165, 1.54) is 5.56 Å². The van der Waals surface area contributed by atoms with Crippen molar-refractivity contribution in [3.63, 3.8) is 0 Å². The summed E-state index contributed by atoms with van der Waals surface area (Å²) in [5.74, 6) is 1.01. The Kier molecular flexibility index (Phi) is 5.74. The third-order valence-corrected chi connectivity index (χ3v) is 6.61. The molecule has 0 fully saturated rings. The van der Waals surface area contributed by atoms with Crippen LogP contribution in [-0.4, -0.2) is 17.1 Å². The Morgan fingerprint density at radius 1 is 1.14 bits per heavy atom. The summed E-state index contributed by atoms with van der Waals surface area (Å²) in [5.41, 5.74) is 2.84. The van der Waals surface area contributed by atoms with Gasteiger partial charge in [0, 0.05) is 4.90 Å². The van der Waals surface area contributed by atoms with E-state index in [4.69, 9.17) is 9.40 Å². The zero-order valence-electron chi connectivity index (χ0n) is 16.6. The molecule has 4 aromatic rings. The number of hydrogen-bond donors (Lipinski definition) is 0. The lowest BCUT2D eigenvalue weighted by Gasteiger charge is -2.20. The Morgan fingerprint density at radius 2 is 1.97 bits per heavy atom.